The molecule has 0 aliphatic carbocycles. The summed E-state index contributed by atoms with van der Waals surface area (Å²) in [6.45, 7) is 4.09. The molecule has 1 unspecified atom stereocenters. The molecule has 102 valence electrons. The first-order valence-corrected chi connectivity index (χ1v) is 6.60. The largest absolute Gasteiger partial charge is 0.323 e. The number of rotatable bonds is 4. The van der Waals surface area contributed by atoms with Crippen LogP contribution in [-0.2, 0) is 6.42 Å². The van der Waals surface area contributed by atoms with Crippen LogP contribution in [-0.4, -0.2) is 9.78 Å². The molecule has 1 aromatic carbocycles. The van der Waals surface area contributed by atoms with E-state index in [1.807, 2.05) is 30.8 Å². The van der Waals surface area contributed by atoms with Crippen LogP contribution in [0.2, 0.25) is 5.02 Å². The van der Waals surface area contributed by atoms with Gasteiger partial charge in [0.15, 0.2) is 0 Å². The first-order valence-electron chi connectivity index (χ1n) is 6.22. The second-order valence-corrected chi connectivity index (χ2v) is 5.23. The van der Waals surface area contributed by atoms with E-state index in [1.54, 1.807) is 12.1 Å². The highest BCUT2D eigenvalue weighted by Crippen LogP contribution is 2.26. The first kappa shape index (κ1) is 14.0. The minimum Gasteiger partial charge on any atom is -0.323 e. The van der Waals surface area contributed by atoms with Gasteiger partial charge >= 0.3 is 0 Å². The lowest BCUT2D eigenvalue weighted by molar-refractivity contribution is 0.520. The zero-order valence-electron chi connectivity index (χ0n) is 11.0. The molecule has 3 nitrogen and oxygen atoms in total. The molecule has 5 heteroatoms. The Kier molecular flexibility index (Phi) is 4.22. The van der Waals surface area contributed by atoms with E-state index in [2.05, 4.69) is 5.10 Å². The highest BCUT2D eigenvalue weighted by Gasteiger charge is 2.17. The third-order valence-corrected chi connectivity index (χ3v) is 3.32. The van der Waals surface area contributed by atoms with Crippen LogP contribution < -0.4 is 5.73 Å². The molecule has 0 radical (unpaired) electrons. The fraction of sp³-hybridized carbons (Fsp3) is 0.357. The van der Waals surface area contributed by atoms with E-state index in [4.69, 9.17) is 17.3 Å². The van der Waals surface area contributed by atoms with Crippen molar-refractivity contribution in [2.75, 3.05) is 0 Å². The van der Waals surface area contributed by atoms with Crippen LogP contribution in [0.15, 0.2) is 30.5 Å². The maximum absolute atomic E-state index is 13.7. The second-order valence-electron chi connectivity index (χ2n) is 4.83. The van der Waals surface area contributed by atoms with Crippen molar-refractivity contribution < 1.29 is 4.39 Å². The lowest BCUT2D eigenvalue weighted by Crippen LogP contribution is -2.16. The molecule has 0 bridgehead atoms. The summed E-state index contributed by atoms with van der Waals surface area (Å²) in [4.78, 5) is 0. The van der Waals surface area contributed by atoms with Crippen molar-refractivity contribution in [1.82, 2.24) is 9.78 Å². The minimum atomic E-state index is -0.496. The van der Waals surface area contributed by atoms with E-state index in [0.29, 0.717) is 23.0 Å². The molecule has 0 aliphatic rings. The zero-order chi connectivity index (χ0) is 14.0. The van der Waals surface area contributed by atoms with E-state index in [-0.39, 0.29) is 5.82 Å². The van der Waals surface area contributed by atoms with Crippen molar-refractivity contribution in [2.24, 2.45) is 5.73 Å². The van der Waals surface area contributed by atoms with Crippen molar-refractivity contribution in [3.05, 3.63) is 52.6 Å². The Morgan fingerprint density at radius 2 is 2.11 bits per heavy atom. The summed E-state index contributed by atoms with van der Waals surface area (Å²) in [5.74, 6) is -0.372. The van der Waals surface area contributed by atoms with Gasteiger partial charge in [-0.2, -0.15) is 5.10 Å². The average Bonchev–Trinajstić information content (AvgIpc) is 2.77. The summed E-state index contributed by atoms with van der Waals surface area (Å²) >= 11 is 6.00. The molecule has 0 amide bonds. The van der Waals surface area contributed by atoms with E-state index >= 15 is 0 Å². The highest BCUT2D eigenvalue weighted by molar-refractivity contribution is 6.31. The van der Waals surface area contributed by atoms with Crippen LogP contribution in [0.3, 0.4) is 0 Å². The standard InChI is InChI=1S/C14H17ClFN3/c1-9(2)19-7-6-10(18-19)8-13(17)14-11(15)4-3-5-12(14)16/h3-7,9,13H,8,17H2,1-2H3. The van der Waals surface area contributed by atoms with Gasteiger partial charge in [-0.05, 0) is 32.0 Å². The molecule has 0 fully saturated rings. The topological polar surface area (TPSA) is 43.8 Å². The van der Waals surface area contributed by atoms with Crippen LogP contribution in [0.1, 0.15) is 37.2 Å². The number of aromatic nitrogens is 2. The quantitative estimate of drug-likeness (QED) is 0.932. The Labute approximate surface area is 117 Å². The lowest BCUT2D eigenvalue weighted by Gasteiger charge is -2.13. The number of nitrogens with zero attached hydrogens (tertiary/aromatic N) is 2. The molecule has 1 atom stereocenters. The van der Waals surface area contributed by atoms with Gasteiger partial charge in [0.25, 0.3) is 0 Å². The summed E-state index contributed by atoms with van der Waals surface area (Å²) in [6, 6.07) is 6.28. The van der Waals surface area contributed by atoms with E-state index in [9.17, 15) is 4.39 Å². The molecule has 1 aromatic heterocycles. The van der Waals surface area contributed by atoms with Gasteiger partial charge in [0.2, 0.25) is 0 Å². The Balaban J connectivity index is 2.18. The molecule has 0 saturated heterocycles. The molecule has 0 saturated carbocycles. The summed E-state index contributed by atoms with van der Waals surface area (Å²) in [5, 5.41) is 4.76. The Morgan fingerprint density at radius 1 is 1.37 bits per heavy atom. The van der Waals surface area contributed by atoms with Crippen molar-refractivity contribution >= 4 is 11.6 Å². The Morgan fingerprint density at radius 3 is 2.68 bits per heavy atom. The summed E-state index contributed by atoms with van der Waals surface area (Å²) in [7, 11) is 0. The van der Waals surface area contributed by atoms with Crippen molar-refractivity contribution in [3.63, 3.8) is 0 Å². The minimum absolute atomic E-state index is 0.294. The predicted molar refractivity (Wildman–Crippen MR) is 74.7 cm³/mol. The maximum Gasteiger partial charge on any atom is 0.129 e. The predicted octanol–water partition coefficient (Wildman–Crippen LogP) is 3.50. The van der Waals surface area contributed by atoms with Gasteiger partial charge in [-0.15, -0.1) is 0 Å². The van der Waals surface area contributed by atoms with Crippen molar-refractivity contribution in [3.8, 4) is 0 Å². The van der Waals surface area contributed by atoms with E-state index in [0.717, 1.165) is 5.69 Å². The maximum atomic E-state index is 13.7. The number of benzene rings is 1. The number of hydrogen-bond acceptors (Lipinski definition) is 2. The van der Waals surface area contributed by atoms with Crippen LogP contribution >= 0.6 is 11.6 Å². The van der Waals surface area contributed by atoms with Gasteiger partial charge in [0.05, 0.1) is 5.69 Å². The molecule has 2 aromatic rings. The van der Waals surface area contributed by atoms with Crippen LogP contribution in [0, 0.1) is 5.82 Å². The fourth-order valence-electron chi connectivity index (χ4n) is 1.97. The van der Waals surface area contributed by atoms with Crippen molar-refractivity contribution in [2.45, 2.75) is 32.4 Å². The molecular weight excluding hydrogens is 265 g/mol. The fourth-order valence-corrected chi connectivity index (χ4v) is 2.27. The highest BCUT2D eigenvalue weighted by atomic mass is 35.5. The Bertz CT molecular complexity index is 545. The molecule has 0 spiro atoms. The summed E-state index contributed by atoms with van der Waals surface area (Å²) < 4.78 is 15.6. The molecular formula is C14H17ClFN3. The normalized spacial score (nSPS) is 12.9. The Hall–Kier alpha value is -1.39. The number of hydrogen-bond donors (Lipinski definition) is 1. The van der Waals surface area contributed by atoms with Gasteiger partial charge in [-0.3, -0.25) is 4.68 Å². The van der Waals surface area contributed by atoms with E-state index in [1.165, 1.54) is 6.07 Å². The number of nitrogens with two attached hydrogens (primary N) is 1. The molecule has 2 N–H and O–H groups in total. The zero-order valence-corrected chi connectivity index (χ0v) is 11.7. The first-order chi connectivity index (χ1) is 8.99. The van der Waals surface area contributed by atoms with Gasteiger partial charge in [-0.25, -0.2) is 4.39 Å². The molecule has 2 rings (SSSR count). The third-order valence-electron chi connectivity index (χ3n) is 2.99. The smallest absolute Gasteiger partial charge is 0.129 e. The average molecular weight is 282 g/mol. The SMILES string of the molecule is CC(C)n1ccc(CC(N)c2c(F)cccc2Cl)n1. The van der Waals surface area contributed by atoms with Crippen LogP contribution in [0.4, 0.5) is 4.39 Å². The van der Waals surface area contributed by atoms with Gasteiger partial charge < -0.3 is 5.73 Å². The van der Waals surface area contributed by atoms with E-state index < -0.39 is 6.04 Å². The molecule has 1 heterocycles. The van der Waals surface area contributed by atoms with Crippen LogP contribution in [0.5, 0.6) is 0 Å². The second kappa shape index (κ2) is 5.72. The summed E-state index contributed by atoms with van der Waals surface area (Å²) in [6.07, 6.45) is 2.36. The third kappa shape index (κ3) is 3.14. The summed E-state index contributed by atoms with van der Waals surface area (Å²) in [5.41, 5.74) is 7.22. The van der Waals surface area contributed by atoms with Gasteiger partial charge in [-0.1, -0.05) is 17.7 Å². The number of halogens is 2. The van der Waals surface area contributed by atoms with Crippen molar-refractivity contribution in [1.29, 1.82) is 0 Å². The lowest BCUT2D eigenvalue weighted by atomic mass is 10.0. The van der Waals surface area contributed by atoms with Gasteiger partial charge in [0.1, 0.15) is 5.82 Å². The molecule has 0 aliphatic heterocycles. The van der Waals surface area contributed by atoms with Gasteiger partial charge in [0, 0.05) is 35.3 Å². The van der Waals surface area contributed by atoms with Crippen LogP contribution in [0.25, 0.3) is 0 Å². The molecule has 19 heavy (non-hydrogen) atoms. The monoisotopic (exact) mass is 281 g/mol.